The van der Waals surface area contributed by atoms with Crippen molar-refractivity contribution in [2.45, 2.75) is 4.83 Å². The van der Waals surface area contributed by atoms with E-state index in [0.717, 1.165) is 15.6 Å². The Morgan fingerprint density at radius 1 is 0.778 bits per heavy atom. The van der Waals surface area contributed by atoms with Crippen molar-refractivity contribution in [3.05, 3.63) is 67.1 Å². The second kappa shape index (κ2) is 6.15. The van der Waals surface area contributed by atoms with Crippen LogP contribution in [0, 0.1) is 0 Å². The van der Waals surface area contributed by atoms with Crippen LogP contribution in [-0.2, 0) is 0 Å². The third-order valence-electron chi connectivity index (χ3n) is 2.47. The Hall–Kier alpha value is 0.270. The molecule has 0 amide bonds. The molecule has 94 valence electrons. The van der Waals surface area contributed by atoms with Crippen molar-refractivity contribution in [2.24, 2.45) is 0 Å². The first-order valence-electron chi connectivity index (χ1n) is 5.03. The van der Waals surface area contributed by atoms with E-state index in [-0.39, 0.29) is 4.83 Å². The number of benzene rings is 2. The van der Waals surface area contributed by atoms with Crippen LogP contribution in [0.15, 0.2) is 40.9 Å². The van der Waals surface area contributed by atoms with Crippen LogP contribution in [-0.4, -0.2) is 0 Å². The Balaban J connectivity index is 2.37. The molecule has 0 bridgehead atoms. The molecule has 0 aliphatic heterocycles. The first kappa shape index (κ1) is 14.7. The molecular formula is C13H7Br2Cl3. The summed E-state index contributed by atoms with van der Waals surface area (Å²) in [4.78, 5) is 0.0424. The maximum absolute atomic E-state index is 6.02. The van der Waals surface area contributed by atoms with Gasteiger partial charge in [-0.2, -0.15) is 0 Å². The normalized spacial score (nSPS) is 12.5. The van der Waals surface area contributed by atoms with E-state index in [2.05, 4.69) is 31.9 Å². The standard InChI is InChI=1S/C13H7Br2Cl3/c14-9-5-7(1-3-10(9)16)13(15)8-2-4-11(17)12(18)6-8/h1-6,13H. The van der Waals surface area contributed by atoms with Crippen LogP contribution in [0.1, 0.15) is 16.0 Å². The van der Waals surface area contributed by atoms with Gasteiger partial charge in [0.2, 0.25) is 0 Å². The Labute approximate surface area is 137 Å². The number of halogens is 5. The molecule has 0 N–H and O–H groups in total. The first-order chi connectivity index (χ1) is 8.49. The highest BCUT2D eigenvalue weighted by Crippen LogP contribution is 2.36. The van der Waals surface area contributed by atoms with Gasteiger partial charge in [0, 0.05) is 4.47 Å². The SMILES string of the molecule is Clc1ccc(C(Br)c2ccc(Cl)c(Br)c2)cc1Cl. The summed E-state index contributed by atoms with van der Waals surface area (Å²) in [5.41, 5.74) is 2.13. The van der Waals surface area contributed by atoms with Crippen molar-refractivity contribution in [3.8, 4) is 0 Å². The molecular weight excluding hydrogens is 422 g/mol. The zero-order valence-electron chi connectivity index (χ0n) is 8.93. The Morgan fingerprint density at radius 2 is 1.33 bits per heavy atom. The van der Waals surface area contributed by atoms with Gasteiger partial charge in [0.25, 0.3) is 0 Å². The topological polar surface area (TPSA) is 0 Å². The molecule has 5 heteroatoms. The van der Waals surface area contributed by atoms with E-state index in [1.165, 1.54) is 0 Å². The van der Waals surface area contributed by atoms with Crippen LogP contribution in [0.25, 0.3) is 0 Å². The van der Waals surface area contributed by atoms with E-state index < -0.39 is 0 Å². The van der Waals surface area contributed by atoms with Crippen LogP contribution in [0.5, 0.6) is 0 Å². The van der Waals surface area contributed by atoms with Crippen LogP contribution >= 0.6 is 66.7 Å². The van der Waals surface area contributed by atoms with Crippen LogP contribution in [0.3, 0.4) is 0 Å². The van der Waals surface area contributed by atoms with Crippen molar-refractivity contribution < 1.29 is 0 Å². The van der Waals surface area contributed by atoms with E-state index in [9.17, 15) is 0 Å². The molecule has 0 heterocycles. The molecule has 2 rings (SSSR count). The lowest BCUT2D eigenvalue weighted by Gasteiger charge is -2.12. The van der Waals surface area contributed by atoms with Crippen molar-refractivity contribution in [3.63, 3.8) is 0 Å². The zero-order valence-corrected chi connectivity index (χ0v) is 14.4. The fraction of sp³-hybridized carbons (Fsp3) is 0.0769. The minimum atomic E-state index is 0.0424. The molecule has 1 unspecified atom stereocenters. The Bertz CT molecular complexity index is 533. The van der Waals surface area contributed by atoms with E-state index in [0.29, 0.717) is 15.1 Å². The average Bonchev–Trinajstić information content (AvgIpc) is 2.35. The molecule has 2 aromatic rings. The summed E-state index contributed by atoms with van der Waals surface area (Å²) >= 11 is 25.0. The van der Waals surface area contributed by atoms with Gasteiger partial charge in [0.1, 0.15) is 0 Å². The lowest BCUT2D eigenvalue weighted by Crippen LogP contribution is -1.93. The highest BCUT2D eigenvalue weighted by atomic mass is 79.9. The average molecular weight is 429 g/mol. The lowest BCUT2D eigenvalue weighted by molar-refractivity contribution is 1.17. The quantitative estimate of drug-likeness (QED) is 0.456. The summed E-state index contributed by atoms with van der Waals surface area (Å²) in [5, 5.41) is 1.79. The van der Waals surface area contributed by atoms with E-state index >= 15 is 0 Å². The summed E-state index contributed by atoms with van der Waals surface area (Å²) in [5.74, 6) is 0. The number of alkyl halides is 1. The van der Waals surface area contributed by atoms with E-state index in [1.54, 1.807) is 6.07 Å². The molecule has 2 aromatic carbocycles. The van der Waals surface area contributed by atoms with E-state index in [4.69, 9.17) is 34.8 Å². The van der Waals surface area contributed by atoms with Crippen molar-refractivity contribution in [1.82, 2.24) is 0 Å². The monoisotopic (exact) mass is 426 g/mol. The minimum absolute atomic E-state index is 0.0424. The minimum Gasteiger partial charge on any atom is -0.0831 e. The van der Waals surface area contributed by atoms with Gasteiger partial charge in [0.15, 0.2) is 0 Å². The van der Waals surface area contributed by atoms with Gasteiger partial charge in [-0.1, -0.05) is 62.9 Å². The molecule has 0 aliphatic carbocycles. The van der Waals surface area contributed by atoms with Crippen LogP contribution in [0.4, 0.5) is 0 Å². The fourth-order valence-electron chi connectivity index (χ4n) is 1.53. The summed E-state index contributed by atoms with van der Waals surface area (Å²) in [6, 6.07) is 11.4. The Kier molecular flexibility index (Phi) is 5.01. The second-order valence-electron chi connectivity index (χ2n) is 3.71. The molecule has 0 radical (unpaired) electrons. The first-order valence-corrected chi connectivity index (χ1v) is 7.87. The molecule has 0 spiro atoms. The summed E-state index contributed by atoms with van der Waals surface area (Å²) < 4.78 is 0.867. The molecule has 18 heavy (non-hydrogen) atoms. The van der Waals surface area contributed by atoms with E-state index in [1.807, 2.05) is 30.3 Å². The summed E-state index contributed by atoms with van der Waals surface area (Å²) in [6.07, 6.45) is 0. The summed E-state index contributed by atoms with van der Waals surface area (Å²) in [7, 11) is 0. The van der Waals surface area contributed by atoms with Gasteiger partial charge in [-0.25, -0.2) is 0 Å². The van der Waals surface area contributed by atoms with Gasteiger partial charge < -0.3 is 0 Å². The maximum Gasteiger partial charge on any atom is 0.0645 e. The fourth-order valence-corrected chi connectivity index (χ4v) is 2.92. The number of hydrogen-bond donors (Lipinski definition) is 0. The molecule has 0 aliphatic rings. The van der Waals surface area contributed by atoms with Gasteiger partial charge in [-0.3, -0.25) is 0 Å². The molecule has 0 fully saturated rings. The number of rotatable bonds is 2. The highest BCUT2D eigenvalue weighted by Gasteiger charge is 2.13. The molecule has 1 atom stereocenters. The third-order valence-corrected chi connectivity index (χ3v) is 5.48. The largest absolute Gasteiger partial charge is 0.0831 e. The van der Waals surface area contributed by atoms with Gasteiger partial charge in [-0.15, -0.1) is 0 Å². The number of hydrogen-bond acceptors (Lipinski definition) is 0. The highest BCUT2D eigenvalue weighted by molar-refractivity contribution is 9.10. The van der Waals surface area contributed by atoms with Gasteiger partial charge in [0.05, 0.1) is 19.9 Å². The predicted octanol–water partition coefficient (Wildman–Crippen LogP) is 6.89. The van der Waals surface area contributed by atoms with Crippen molar-refractivity contribution in [2.75, 3.05) is 0 Å². The van der Waals surface area contributed by atoms with Crippen molar-refractivity contribution in [1.29, 1.82) is 0 Å². The van der Waals surface area contributed by atoms with Crippen molar-refractivity contribution >= 4 is 66.7 Å². The predicted molar refractivity (Wildman–Crippen MR) is 86.4 cm³/mol. The van der Waals surface area contributed by atoms with Crippen LogP contribution < -0.4 is 0 Å². The molecule has 0 saturated carbocycles. The molecule has 0 nitrogen and oxygen atoms in total. The smallest absolute Gasteiger partial charge is 0.0645 e. The summed E-state index contributed by atoms with van der Waals surface area (Å²) in [6.45, 7) is 0. The lowest BCUT2D eigenvalue weighted by atomic mass is 10.1. The molecule has 0 aromatic heterocycles. The van der Waals surface area contributed by atoms with Gasteiger partial charge >= 0.3 is 0 Å². The third kappa shape index (κ3) is 3.23. The Morgan fingerprint density at radius 3 is 1.89 bits per heavy atom. The maximum atomic E-state index is 6.02. The van der Waals surface area contributed by atoms with Crippen LogP contribution in [0.2, 0.25) is 15.1 Å². The van der Waals surface area contributed by atoms with Gasteiger partial charge in [-0.05, 0) is 51.3 Å². The molecule has 0 saturated heterocycles. The second-order valence-corrected chi connectivity index (χ2v) is 6.70. The zero-order chi connectivity index (χ0) is 13.3.